The number of hydrogen-bond acceptors (Lipinski definition) is 4. The standard InChI is InChI=1S/C22H24N4/c1-15-5-7-21(13-17(15)3)25-23-19-9-11-20(12-10-19)24-26-22-8-6-16(2)18(4)14-22/h5-14,23,25H,1-4H3. The van der Waals surface area contributed by atoms with Crippen LogP contribution in [0.4, 0.5) is 22.7 Å². The maximum Gasteiger partial charge on any atom is 0.0859 e. The molecule has 132 valence electrons. The molecule has 0 saturated heterocycles. The van der Waals surface area contributed by atoms with Gasteiger partial charge in [0.25, 0.3) is 0 Å². The summed E-state index contributed by atoms with van der Waals surface area (Å²) in [5.41, 5.74) is 15.1. The van der Waals surface area contributed by atoms with Gasteiger partial charge in [0.1, 0.15) is 0 Å². The van der Waals surface area contributed by atoms with E-state index in [-0.39, 0.29) is 0 Å². The summed E-state index contributed by atoms with van der Waals surface area (Å²) >= 11 is 0. The van der Waals surface area contributed by atoms with E-state index in [1.807, 2.05) is 36.4 Å². The van der Waals surface area contributed by atoms with Crippen molar-refractivity contribution in [3.05, 3.63) is 82.9 Å². The Morgan fingerprint density at radius 2 is 1.00 bits per heavy atom. The lowest BCUT2D eigenvalue weighted by molar-refractivity contribution is 1.21. The van der Waals surface area contributed by atoms with E-state index in [2.05, 4.69) is 73.0 Å². The van der Waals surface area contributed by atoms with Crippen LogP contribution in [0.1, 0.15) is 22.3 Å². The average molecular weight is 344 g/mol. The molecular weight excluding hydrogens is 320 g/mol. The summed E-state index contributed by atoms with van der Waals surface area (Å²) in [6.45, 7) is 8.39. The van der Waals surface area contributed by atoms with Crippen LogP contribution >= 0.6 is 0 Å². The summed E-state index contributed by atoms with van der Waals surface area (Å²) < 4.78 is 0. The van der Waals surface area contributed by atoms with Crippen molar-refractivity contribution in [3.63, 3.8) is 0 Å². The van der Waals surface area contributed by atoms with Gasteiger partial charge < -0.3 is 10.9 Å². The fraction of sp³-hybridized carbons (Fsp3) is 0.182. The molecule has 0 atom stereocenters. The van der Waals surface area contributed by atoms with Crippen LogP contribution in [0.15, 0.2) is 70.9 Å². The van der Waals surface area contributed by atoms with Crippen LogP contribution in [0.3, 0.4) is 0 Å². The minimum atomic E-state index is 0.819. The van der Waals surface area contributed by atoms with Gasteiger partial charge in [-0.3, -0.25) is 0 Å². The molecule has 0 heterocycles. The van der Waals surface area contributed by atoms with E-state index in [1.165, 1.54) is 22.3 Å². The summed E-state index contributed by atoms with van der Waals surface area (Å²) in [5, 5.41) is 8.61. The Morgan fingerprint density at radius 3 is 1.65 bits per heavy atom. The van der Waals surface area contributed by atoms with Gasteiger partial charge in [0.2, 0.25) is 0 Å². The molecule has 0 amide bonds. The summed E-state index contributed by atoms with van der Waals surface area (Å²) in [6.07, 6.45) is 0. The second kappa shape index (κ2) is 7.83. The Bertz CT molecular complexity index is 927. The molecule has 26 heavy (non-hydrogen) atoms. The highest BCUT2D eigenvalue weighted by atomic mass is 15.4. The molecule has 3 aromatic rings. The summed E-state index contributed by atoms with van der Waals surface area (Å²) in [5.74, 6) is 0. The minimum absolute atomic E-state index is 0.819. The van der Waals surface area contributed by atoms with Crippen molar-refractivity contribution < 1.29 is 0 Å². The highest BCUT2D eigenvalue weighted by Gasteiger charge is 1.98. The quantitative estimate of drug-likeness (QED) is 0.396. The summed E-state index contributed by atoms with van der Waals surface area (Å²) in [4.78, 5) is 0. The molecule has 0 aliphatic carbocycles. The normalized spacial score (nSPS) is 10.9. The summed E-state index contributed by atoms with van der Waals surface area (Å²) in [7, 11) is 0. The van der Waals surface area contributed by atoms with E-state index >= 15 is 0 Å². The second-order valence-electron chi connectivity index (χ2n) is 6.56. The number of azo groups is 1. The van der Waals surface area contributed by atoms with Gasteiger partial charge >= 0.3 is 0 Å². The van der Waals surface area contributed by atoms with E-state index in [4.69, 9.17) is 0 Å². The van der Waals surface area contributed by atoms with Crippen LogP contribution in [0.25, 0.3) is 0 Å². The van der Waals surface area contributed by atoms with Crippen molar-refractivity contribution in [1.29, 1.82) is 0 Å². The Hall–Kier alpha value is -3.14. The third kappa shape index (κ3) is 4.48. The third-order valence-electron chi connectivity index (χ3n) is 4.50. The molecule has 0 bridgehead atoms. The molecule has 0 aliphatic rings. The second-order valence-corrected chi connectivity index (χ2v) is 6.56. The number of aryl methyl sites for hydroxylation is 4. The fourth-order valence-electron chi connectivity index (χ4n) is 2.48. The first-order valence-electron chi connectivity index (χ1n) is 8.69. The van der Waals surface area contributed by atoms with Gasteiger partial charge in [0.05, 0.1) is 22.7 Å². The van der Waals surface area contributed by atoms with Crippen molar-refractivity contribution in [2.45, 2.75) is 27.7 Å². The minimum Gasteiger partial charge on any atom is -0.301 e. The summed E-state index contributed by atoms with van der Waals surface area (Å²) in [6, 6.07) is 20.2. The number of anilines is 2. The molecule has 0 spiro atoms. The van der Waals surface area contributed by atoms with Gasteiger partial charge in [-0.2, -0.15) is 10.2 Å². The van der Waals surface area contributed by atoms with E-state index in [1.54, 1.807) is 0 Å². The van der Waals surface area contributed by atoms with Crippen molar-refractivity contribution in [2.75, 3.05) is 10.9 Å². The molecule has 0 unspecified atom stereocenters. The van der Waals surface area contributed by atoms with Gasteiger partial charge in [-0.05, 0) is 98.5 Å². The number of nitrogens with one attached hydrogen (secondary N) is 2. The first-order valence-corrected chi connectivity index (χ1v) is 8.69. The zero-order valence-corrected chi connectivity index (χ0v) is 15.7. The van der Waals surface area contributed by atoms with Crippen LogP contribution in [-0.2, 0) is 0 Å². The van der Waals surface area contributed by atoms with Gasteiger partial charge in [-0.25, -0.2) is 0 Å². The molecular formula is C22H24N4. The van der Waals surface area contributed by atoms with E-state index in [9.17, 15) is 0 Å². The highest BCUT2D eigenvalue weighted by Crippen LogP contribution is 2.22. The Morgan fingerprint density at radius 1 is 0.500 bits per heavy atom. The van der Waals surface area contributed by atoms with Crippen LogP contribution in [0, 0.1) is 27.7 Å². The van der Waals surface area contributed by atoms with Crippen molar-refractivity contribution >= 4 is 22.7 Å². The van der Waals surface area contributed by atoms with E-state index < -0.39 is 0 Å². The fourth-order valence-corrected chi connectivity index (χ4v) is 2.48. The van der Waals surface area contributed by atoms with Crippen molar-refractivity contribution in [3.8, 4) is 0 Å². The van der Waals surface area contributed by atoms with Crippen molar-refractivity contribution in [1.82, 2.24) is 0 Å². The monoisotopic (exact) mass is 344 g/mol. The van der Waals surface area contributed by atoms with Crippen LogP contribution in [0.5, 0.6) is 0 Å². The first-order chi connectivity index (χ1) is 12.5. The highest BCUT2D eigenvalue weighted by molar-refractivity contribution is 5.57. The lowest BCUT2D eigenvalue weighted by Gasteiger charge is -2.11. The molecule has 0 saturated carbocycles. The van der Waals surface area contributed by atoms with Crippen LogP contribution in [-0.4, -0.2) is 0 Å². The Labute approximate surface area is 155 Å². The van der Waals surface area contributed by atoms with Crippen LogP contribution < -0.4 is 10.9 Å². The molecule has 4 nitrogen and oxygen atoms in total. The predicted octanol–water partition coefficient (Wildman–Crippen LogP) is 6.77. The van der Waals surface area contributed by atoms with E-state index in [0.717, 1.165) is 22.7 Å². The zero-order chi connectivity index (χ0) is 18.5. The molecule has 3 aromatic carbocycles. The maximum absolute atomic E-state index is 4.31. The molecule has 0 aliphatic heterocycles. The number of rotatable bonds is 5. The van der Waals surface area contributed by atoms with Gasteiger partial charge in [-0.15, -0.1) is 0 Å². The lowest BCUT2D eigenvalue weighted by atomic mass is 10.1. The van der Waals surface area contributed by atoms with Gasteiger partial charge in [0.15, 0.2) is 0 Å². The number of hydrazine groups is 1. The third-order valence-corrected chi connectivity index (χ3v) is 4.50. The van der Waals surface area contributed by atoms with E-state index in [0.29, 0.717) is 0 Å². The molecule has 0 radical (unpaired) electrons. The Kier molecular flexibility index (Phi) is 5.32. The van der Waals surface area contributed by atoms with Crippen molar-refractivity contribution in [2.24, 2.45) is 10.2 Å². The van der Waals surface area contributed by atoms with Gasteiger partial charge in [-0.1, -0.05) is 12.1 Å². The predicted molar refractivity (Wildman–Crippen MR) is 110 cm³/mol. The lowest BCUT2D eigenvalue weighted by Crippen LogP contribution is -2.08. The molecule has 3 rings (SSSR count). The smallest absolute Gasteiger partial charge is 0.0859 e. The number of benzene rings is 3. The molecule has 0 fully saturated rings. The topological polar surface area (TPSA) is 48.8 Å². The SMILES string of the molecule is Cc1ccc(N=Nc2ccc(NNc3ccc(C)c(C)c3)cc2)cc1C. The zero-order valence-electron chi connectivity index (χ0n) is 15.7. The van der Waals surface area contributed by atoms with Gasteiger partial charge in [0, 0.05) is 0 Å². The first kappa shape index (κ1) is 17.7. The Balaban J connectivity index is 1.61. The molecule has 2 N–H and O–H groups in total. The maximum atomic E-state index is 4.31. The van der Waals surface area contributed by atoms with Crippen LogP contribution in [0.2, 0.25) is 0 Å². The molecule has 0 aromatic heterocycles. The number of nitrogens with zero attached hydrogens (tertiary/aromatic N) is 2. The largest absolute Gasteiger partial charge is 0.301 e. The molecule has 4 heteroatoms. The number of hydrogen-bond donors (Lipinski definition) is 2. The average Bonchev–Trinajstić information content (AvgIpc) is 2.64.